The monoisotopic (exact) mass is 412 g/mol. The van der Waals surface area contributed by atoms with Gasteiger partial charge in [-0.1, -0.05) is 20.8 Å². The molecule has 0 spiro atoms. The number of amides is 1. The molecule has 7 heteroatoms. The Morgan fingerprint density at radius 1 is 1.13 bits per heavy atom. The zero-order valence-corrected chi connectivity index (χ0v) is 18.5. The molecule has 3 rings (SSSR count). The summed E-state index contributed by atoms with van der Waals surface area (Å²) in [5.74, 6) is 1.07. The number of H-pyrrole nitrogens is 1. The molecule has 1 aromatic heterocycles. The minimum Gasteiger partial charge on any atom is -0.493 e. The second kappa shape index (κ2) is 9.89. The first-order chi connectivity index (χ1) is 14.5. The Hall–Kier alpha value is -2.67. The van der Waals surface area contributed by atoms with Crippen molar-refractivity contribution in [2.75, 3.05) is 39.8 Å². The standard InChI is InChI=1S/C23H32N4O3/c1-5-14-30-20-9-8-16(23(29)27-12-10-26(4)11-13-27)15-18(20)21-24-19(7-3)17(6-2)22(28)25-21/h8-9,15H,5-7,10-14H2,1-4H3,(H,24,25,28). The number of hydrogen-bond donors (Lipinski definition) is 1. The minimum atomic E-state index is -0.128. The van der Waals surface area contributed by atoms with Crippen molar-refractivity contribution in [3.8, 4) is 17.1 Å². The molecular formula is C23H32N4O3. The first kappa shape index (κ1) is 22.0. The van der Waals surface area contributed by atoms with E-state index in [2.05, 4.69) is 16.9 Å². The van der Waals surface area contributed by atoms with Crippen molar-refractivity contribution in [1.29, 1.82) is 0 Å². The van der Waals surface area contributed by atoms with Crippen LogP contribution in [-0.4, -0.2) is 65.5 Å². The summed E-state index contributed by atoms with van der Waals surface area (Å²) in [5.41, 5.74) is 2.60. The van der Waals surface area contributed by atoms with Gasteiger partial charge in [0.2, 0.25) is 0 Å². The van der Waals surface area contributed by atoms with Crippen molar-refractivity contribution >= 4 is 5.91 Å². The molecule has 1 aliphatic heterocycles. The number of nitrogens with one attached hydrogen (secondary N) is 1. The Balaban J connectivity index is 2.03. The lowest BCUT2D eigenvalue weighted by molar-refractivity contribution is 0.0664. The lowest BCUT2D eigenvalue weighted by atomic mass is 10.1. The van der Waals surface area contributed by atoms with E-state index in [1.165, 1.54) is 0 Å². The van der Waals surface area contributed by atoms with Crippen molar-refractivity contribution in [3.05, 3.63) is 45.4 Å². The Bertz CT molecular complexity index is 946. The Morgan fingerprint density at radius 3 is 2.50 bits per heavy atom. The molecule has 1 fully saturated rings. The van der Waals surface area contributed by atoms with Gasteiger partial charge in [0.15, 0.2) is 0 Å². The molecule has 0 bridgehead atoms. The minimum absolute atomic E-state index is 0.00497. The number of likely N-dealkylation sites (N-methyl/N-ethyl adjacent to an activating group) is 1. The maximum Gasteiger partial charge on any atom is 0.254 e. The highest BCUT2D eigenvalue weighted by Crippen LogP contribution is 2.30. The van der Waals surface area contributed by atoms with E-state index < -0.39 is 0 Å². The van der Waals surface area contributed by atoms with E-state index in [1.54, 1.807) is 12.1 Å². The van der Waals surface area contributed by atoms with E-state index in [1.807, 2.05) is 31.7 Å². The number of benzene rings is 1. The van der Waals surface area contributed by atoms with Gasteiger partial charge in [-0.3, -0.25) is 9.59 Å². The van der Waals surface area contributed by atoms with Gasteiger partial charge in [-0.2, -0.15) is 0 Å². The van der Waals surface area contributed by atoms with Gasteiger partial charge in [-0.05, 0) is 44.5 Å². The fourth-order valence-electron chi connectivity index (χ4n) is 3.71. The Morgan fingerprint density at radius 2 is 1.87 bits per heavy atom. The highest BCUT2D eigenvalue weighted by Gasteiger charge is 2.22. The molecule has 0 aliphatic carbocycles. The molecule has 1 aliphatic rings. The normalized spacial score (nSPS) is 14.7. The van der Waals surface area contributed by atoms with E-state index in [0.29, 0.717) is 60.8 Å². The average Bonchev–Trinajstić information content (AvgIpc) is 2.77. The predicted molar refractivity (Wildman–Crippen MR) is 118 cm³/mol. The fraction of sp³-hybridized carbons (Fsp3) is 0.522. The van der Waals surface area contributed by atoms with Gasteiger partial charge < -0.3 is 19.5 Å². The van der Waals surface area contributed by atoms with Crippen LogP contribution in [0.2, 0.25) is 0 Å². The molecule has 1 saturated heterocycles. The van der Waals surface area contributed by atoms with E-state index in [9.17, 15) is 9.59 Å². The fourth-order valence-corrected chi connectivity index (χ4v) is 3.71. The van der Waals surface area contributed by atoms with Crippen LogP contribution in [0.1, 0.15) is 48.8 Å². The summed E-state index contributed by atoms with van der Waals surface area (Å²) in [7, 11) is 2.06. The second-order valence-corrected chi connectivity index (χ2v) is 7.70. The third-order valence-electron chi connectivity index (χ3n) is 5.52. The molecule has 1 N–H and O–H groups in total. The SMILES string of the molecule is CCCOc1ccc(C(=O)N2CCN(C)CC2)cc1-c1nc(CC)c(CC)c(=O)[nH]1. The van der Waals surface area contributed by atoms with Gasteiger partial charge >= 0.3 is 0 Å². The molecule has 7 nitrogen and oxygen atoms in total. The van der Waals surface area contributed by atoms with E-state index in [0.717, 1.165) is 25.2 Å². The van der Waals surface area contributed by atoms with Crippen LogP contribution in [-0.2, 0) is 12.8 Å². The molecule has 1 aromatic carbocycles. The average molecular weight is 413 g/mol. The van der Waals surface area contributed by atoms with E-state index >= 15 is 0 Å². The largest absolute Gasteiger partial charge is 0.493 e. The van der Waals surface area contributed by atoms with Gasteiger partial charge in [-0.25, -0.2) is 4.98 Å². The first-order valence-electron chi connectivity index (χ1n) is 10.9. The number of aromatic nitrogens is 2. The number of rotatable bonds is 7. The highest BCUT2D eigenvalue weighted by molar-refractivity contribution is 5.96. The summed E-state index contributed by atoms with van der Waals surface area (Å²) in [6.45, 7) is 9.68. The second-order valence-electron chi connectivity index (χ2n) is 7.70. The van der Waals surface area contributed by atoms with E-state index in [-0.39, 0.29) is 11.5 Å². The molecule has 1 amide bonds. The van der Waals surface area contributed by atoms with Gasteiger partial charge in [0.05, 0.1) is 17.9 Å². The van der Waals surface area contributed by atoms with Crippen LogP contribution in [0.5, 0.6) is 5.75 Å². The van der Waals surface area contributed by atoms with Crippen LogP contribution in [0.15, 0.2) is 23.0 Å². The van der Waals surface area contributed by atoms with Crippen LogP contribution in [0.25, 0.3) is 11.4 Å². The number of piperazine rings is 1. The third-order valence-corrected chi connectivity index (χ3v) is 5.52. The smallest absolute Gasteiger partial charge is 0.254 e. The number of hydrogen-bond acceptors (Lipinski definition) is 5. The Labute approximate surface area is 178 Å². The zero-order valence-electron chi connectivity index (χ0n) is 18.5. The van der Waals surface area contributed by atoms with Crippen LogP contribution >= 0.6 is 0 Å². The molecule has 2 aromatic rings. The summed E-state index contributed by atoms with van der Waals surface area (Å²) in [6.07, 6.45) is 2.17. The molecule has 30 heavy (non-hydrogen) atoms. The highest BCUT2D eigenvalue weighted by atomic mass is 16.5. The number of nitrogens with zero attached hydrogens (tertiary/aromatic N) is 3. The van der Waals surface area contributed by atoms with Crippen molar-refractivity contribution in [2.45, 2.75) is 40.0 Å². The summed E-state index contributed by atoms with van der Waals surface area (Å²) in [4.78, 5) is 37.4. The number of ether oxygens (including phenoxy) is 1. The molecule has 0 saturated carbocycles. The van der Waals surface area contributed by atoms with Crippen LogP contribution in [0, 0.1) is 0 Å². The van der Waals surface area contributed by atoms with Crippen molar-refractivity contribution < 1.29 is 9.53 Å². The van der Waals surface area contributed by atoms with Crippen molar-refractivity contribution in [2.24, 2.45) is 0 Å². The van der Waals surface area contributed by atoms with Crippen LogP contribution in [0.4, 0.5) is 0 Å². The number of aromatic amines is 1. The summed E-state index contributed by atoms with van der Waals surface area (Å²) < 4.78 is 5.91. The summed E-state index contributed by atoms with van der Waals surface area (Å²) in [6, 6.07) is 5.41. The van der Waals surface area contributed by atoms with Crippen molar-refractivity contribution in [1.82, 2.24) is 19.8 Å². The molecule has 0 radical (unpaired) electrons. The van der Waals surface area contributed by atoms with Gasteiger partial charge in [0.1, 0.15) is 11.6 Å². The topological polar surface area (TPSA) is 78.5 Å². The summed E-state index contributed by atoms with van der Waals surface area (Å²) >= 11 is 0. The van der Waals surface area contributed by atoms with Gasteiger partial charge in [0.25, 0.3) is 11.5 Å². The van der Waals surface area contributed by atoms with Crippen LogP contribution in [0.3, 0.4) is 0 Å². The molecule has 0 atom stereocenters. The predicted octanol–water partition coefficient (Wildman–Crippen LogP) is 2.74. The maximum atomic E-state index is 13.1. The molecular weight excluding hydrogens is 380 g/mol. The van der Waals surface area contributed by atoms with E-state index in [4.69, 9.17) is 9.72 Å². The number of carbonyl (C=O) groups is 1. The Kier molecular flexibility index (Phi) is 7.26. The molecule has 2 heterocycles. The molecule has 0 unspecified atom stereocenters. The van der Waals surface area contributed by atoms with Crippen LogP contribution < -0.4 is 10.3 Å². The number of carbonyl (C=O) groups excluding carboxylic acids is 1. The number of aryl methyl sites for hydroxylation is 1. The molecule has 162 valence electrons. The maximum absolute atomic E-state index is 13.1. The van der Waals surface area contributed by atoms with Gasteiger partial charge in [-0.15, -0.1) is 0 Å². The van der Waals surface area contributed by atoms with Gasteiger partial charge in [0, 0.05) is 37.3 Å². The first-order valence-corrected chi connectivity index (χ1v) is 10.9. The zero-order chi connectivity index (χ0) is 21.7. The quantitative estimate of drug-likeness (QED) is 0.757. The lowest BCUT2D eigenvalue weighted by Crippen LogP contribution is -2.47. The third kappa shape index (κ3) is 4.73. The van der Waals surface area contributed by atoms with Crippen molar-refractivity contribution in [3.63, 3.8) is 0 Å². The lowest BCUT2D eigenvalue weighted by Gasteiger charge is -2.32. The summed E-state index contributed by atoms with van der Waals surface area (Å²) in [5, 5.41) is 0.